The number of benzene rings is 2. The van der Waals surface area contributed by atoms with Gasteiger partial charge in [0.25, 0.3) is 11.5 Å². The van der Waals surface area contributed by atoms with Crippen molar-refractivity contribution >= 4 is 40.7 Å². The molecule has 0 bridgehead atoms. The molecule has 3 N–H and O–H groups in total. The van der Waals surface area contributed by atoms with Gasteiger partial charge in [-0.3, -0.25) is 23.5 Å². The van der Waals surface area contributed by atoms with Gasteiger partial charge < -0.3 is 25.4 Å². The normalized spacial score (nSPS) is 19.8. The number of aliphatic hydroxyl groups is 1. The van der Waals surface area contributed by atoms with Crippen LogP contribution in [0.5, 0.6) is 5.88 Å². The molecule has 3 aliphatic rings. The summed E-state index contributed by atoms with van der Waals surface area (Å²) in [7, 11) is 2.90. The first-order valence-corrected chi connectivity index (χ1v) is 17.7. The zero-order valence-electron chi connectivity index (χ0n) is 28.3. The van der Waals surface area contributed by atoms with Crippen LogP contribution in [0.15, 0.2) is 58.3 Å². The lowest BCUT2D eigenvalue weighted by atomic mass is 9.96. The Hall–Kier alpha value is -4.49. The number of methoxy groups -OCH3 is 1. The van der Waals surface area contributed by atoms with E-state index in [1.54, 1.807) is 25.3 Å². The zero-order chi connectivity index (χ0) is 36.0. The van der Waals surface area contributed by atoms with Gasteiger partial charge in [0.2, 0.25) is 11.8 Å². The largest absolute Gasteiger partial charge is 0.481 e. The van der Waals surface area contributed by atoms with Crippen LogP contribution in [0.4, 0.5) is 5.69 Å². The molecular formula is C37H38Cl2N6O6. The van der Waals surface area contributed by atoms with Crippen LogP contribution < -0.4 is 26.6 Å². The average Bonchev–Trinajstić information content (AvgIpc) is 3.83. The molecule has 1 aliphatic carbocycles. The number of hydrogen-bond acceptors (Lipinski definition) is 8. The number of amides is 2. The van der Waals surface area contributed by atoms with Crippen molar-refractivity contribution in [2.75, 3.05) is 38.7 Å². The number of pyridine rings is 1. The van der Waals surface area contributed by atoms with E-state index in [9.17, 15) is 24.3 Å². The second kappa shape index (κ2) is 13.9. The van der Waals surface area contributed by atoms with Crippen molar-refractivity contribution < 1.29 is 19.4 Å². The number of halogens is 2. The molecule has 14 heteroatoms. The SMILES string of the molecule is COc1nc(-c2cccc(-c3cccc(NC(=O)c4cn(CCO)c(=O)n(C)c4=O)c3Cl)c2Cl)cc2c1[C@@H](CN1CC[C@@]3(CCC(=O)N3)C1)CC2. The van der Waals surface area contributed by atoms with Gasteiger partial charge in [-0.2, -0.15) is 0 Å². The number of likely N-dealkylation sites (tertiary alicyclic amines) is 1. The molecule has 2 aliphatic heterocycles. The van der Waals surface area contributed by atoms with E-state index in [2.05, 4.69) is 21.6 Å². The molecule has 4 heterocycles. The van der Waals surface area contributed by atoms with Crippen molar-refractivity contribution in [3.63, 3.8) is 0 Å². The van der Waals surface area contributed by atoms with Gasteiger partial charge in [0.1, 0.15) is 5.56 Å². The highest BCUT2D eigenvalue weighted by molar-refractivity contribution is 6.39. The maximum absolute atomic E-state index is 13.3. The van der Waals surface area contributed by atoms with E-state index in [-0.39, 0.29) is 46.8 Å². The summed E-state index contributed by atoms with van der Waals surface area (Å²) in [5.74, 6) is 0.230. The van der Waals surface area contributed by atoms with Crippen molar-refractivity contribution in [1.82, 2.24) is 24.3 Å². The fraction of sp³-hybridized carbons (Fsp3) is 0.378. The summed E-state index contributed by atoms with van der Waals surface area (Å²) in [4.78, 5) is 57.8. The van der Waals surface area contributed by atoms with Crippen molar-refractivity contribution in [2.45, 2.75) is 50.1 Å². The van der Waals surface area contributed by atoms with Gasteiger partial charge in [-0.1, -0.05) is 53.5 Å². The van der Waals surface area contributed by atoms with E-state index in [0.717, 1.165) is 66.2 Å². The third-order valence-corrected chi connectivity index (χ3v) is 11.2. The van der Waals surface area contributed by atoms with Crippen LogP contribution in [0.3, 0.4) is 0 Å². The number of hydrogen-bond donors (Lipinski definition) is 3. The lowest BCUT2D eigenvalue weighted by Gasteiger charge is -2.26. The number of ether oxygens (including phenoxy) is 1. The Bertz CT molecular complexity index is 2180. The third-order valence-electron chi connectivity index (χ3n) is 10.4. The minimum Gasteiger partial charge on any atom is -0.481 e. The van der Waals surface area contributed by atoms with Gasteiger partial charge in [-0.25, -0.2) is 9.78 Å². The molecular weight excluding hydrogens is 695 g/mol. The van der Waals surface area contributed by atoms with E-state index >= 15 is 0 Å². The van der Waals surface area contributed by atoms with Crippen LogP contribution in [-0.2, 0) is 24.8 Å². The quantitative estimate of drug-likeness (QED) is 0.232. The maximum atomic E-state index is 13.3. The molecule has 0 radical (unpaired) electrons. The number of anilines is 1. The molecule has 7 rings (SSSR count). The van der Waals surface area contributed by atoms with Crippen LogP contribution in [0.2, 0.25) is 10.0 Å². The number of carbonyl (C=O) groups is 2. The summed E-state index contributed by atoms with van der Waals surface area (Å²) in [6, 6.07) is 12.8. The van der Waals surface area contributed by atoms with Crippen LogP contribution in [0.25, 0.3) is 22.4 Å². The van der Waals surface area contributed by atoms with Crippen molar-refractivity contribution in [2.24, 2.45) is 7.05 Å². The first-order valence-electron chi connectivity index (χ1n) is 16.9. The summed E-state index contributed by atoms with van der Waals surface area (Å²) in [6.45, 7) is 2.28. The predicted molar refractivity (Wildman–Crippen MR) is 195 cm³/mol. The molecule has 0 unspecified atom stereocenters. The summed E-state index contributed by atoms with van der Waals surface area (Å²) in [5.41, 5.74) is 3.27. The molecule has 1 spiro atoms. The third kappa shape index (κ3) is 6.46. The highest BCUT2D eigenvalue weighted by atomic mass is 35.5. The Morgan fingerprint density at radius 3 is 2.55 bits per heavy atom. The summed E-state index contributed by atoms with van der Waals surface area (Å²) < 4.78 is 7.80. The van der Waals surface area contributed by atoms with Gasteiger partial charge in [-0.15, -0.1) is 0 Å². The Morgan fingerprint density at radius 1 is 1.08 bits per heavy atom. The molecule has 2 aromatic carbocycles. The number of aromatic nitrogens is 3. The molecule has 0 saturated carbocycles. The van der Waals surface area contributed by atoms with Gasteiger partial charge in [-0.05, 0) is 43.4 Å². The lowest BCUT2D eigenvalue weighted by Crippen LogP contribution is -2.44. The highest BCUT2D eigenvalue weighted by Gasteiger charge is 2.44. The van der Waals surface area contributed by atoms with Crippen molar-refractivity contribution in [3.05, 3.63) is 96.2 Å². The molecule has 2 atom stereocenters. The monoisotopic (exact) mass is 732 g/mol. The van der Waals surface area contributed by atoms with Crippen LogP contribution >= 0.6 is 23.2 Å². The number of aryl methyl sites for hydroxylation is 1. The van der Waals surface area contributed by atoms with E-state index in [1.807, 2.05) is 18.2 Å². The van der Waals surface area contributed by atoms with Gasteiger partial charge in [0.05, 0.1) is 47.2 Å². The zero-order valence-corrected chi connectivity index (χ0v) is 29.8. The molecule has 2 aromatic heterocycles. The molecule has 266 valence electrons. The van der Waals surface area contributed by atoms with E-state index in [0.29, 0.717) is 39.7 Å². The Kier molecular flexibility index (Phi) is 9.53. The highest BCUT2D eigenvalue weighted by Crippen LogP contribution is 2.45. The number of carbonyl (C=O) groups excluding carboxylic acids is 2. The van der Waals surface area contributed by atoms with E-state index in [1.165, 1.54) is 12.6 Å². The smallest absolute Gasteiger partial charge is 0.330 e. The van der Waals surface area contributed by atoms with Crippen LogP contribution in [-0.4, -0.2) is 74.8 Å². The number of nitrogens with one attached hydrogen (secondary N) is 2. The fourth-order valence-corrected chi connectivity index (χ4v) is 8.40. The first kappa shape index (κ1) is 34.9. The average molecular weight is 734 g/mol. The molecule has 12 nitrogen and oxygen atoms in total. The maximum Gasteiger partial charge on any atom is 0.330 e. The standard InChI is InChI=1S/C37H38Cl2N6O6/c1-43-35(49)26(19-45(15-16-46)36(43)50)33(48)40-27-8-4-6-24(32(27)39)23-5-3-7-25(31(23)38)28-17-21-9-10-22(30(21)34(41-28)51-2)18-44-14-13-37(20-44)12-11-29(47)42-37/h3-8,17,19,22,46H,9-16,18,20H2,1-2H3,(H,40,48)(H,42,47)/t22-,37+/m1/s1. The van der Waals surface area contributed by atoms with Crippen LogP contribution in [0.1, 0.15) is 53.1 Å². The minimum atomic E-state index is -0.776. The summed E-state index contributed by atoms with van der Waals surface area (Å²) >= 11 is 14.0. The van der Waals surface area contributed by atoms with Gasteiger partial charge in [0.15, 0.2) is 0 Å². The Labute approximate surface area is 304 Å². The molecule has 4 aromatic rings. The molecule has 2 fully saturated rings. The summed E-state index contributed by atoms with van der Waals surface area (Å²) in [5, 5.41) is 15.9. The van der Waals surface area contributed by atoms with Crippen LogP contribution in [0, 0.1) is 0 Å². The Morgan fingerprint density at radius 2 is 1.82 bits per heavy atom. The second-order valence-electron chi connectivity index (χ2n) is 13.5. The van der Waals surface area contributed by atoms with Crippen molar-refractivity contribution in [1.29, 1.82) is 0 Å². The number of nitrogens with zero attached hydrogens (tertiary/aromatic N) is 4. The predicted octanol–water partition coefficient (Wildman–Crippen LogP) is 4.22. The van der Waals surface area contributed by atoms with Crippen molar-refractivity contribution in [3.8, 4) is 28.3 Å². The molecule has 51 heavy (non-hydrogen) atoms. The number of fused-ring (bicyclic) bond motifs is 1. The lowest BCUT2D eigenvalue weighted by molar-refractivity contribution is -0.119. The first-order chi connectivity index (χ1) is 24.5. The fourth-order valence-electron chi connectivity index (χ4n) is 7.80. The summed E-state index contributed by atoms with van der Waals surface area (Å²) in [6.07, 6.45) is 5.46. The van der Waals surface area contributed by atoms with E-state index < -0.39 is 17.2 Å². The van der Waals surface area contributed by atoms with Gasteiger partial charge >= 0.3 is 5.69 Å². The number of aliphatic hydroxyl groups excluding tert-OH is 1. The second-order valence-corrected chi connectivity index (χ2v) is 14.3. The topological polar surface area (TPSA) is 148 Å². The molecule has 2 amide bonds. The minimum absolute atomic E-state index is 0.0784. The van der Waals surface area contributed by atoms with E-state index in [4.69, 9.17) is 32.9 Å². The molecule has 2 saturated heterocycles. The van der Waals surface area contributed by atoms with Gasteiger partial charge in [0, 0.05) is 67.5 Å². The number of rotatable bonds is 9. The Balaban J connectivity index is 1.15.